The molecule has 0 aliphatic rings. The fraction of sp³-hybridized carbons (Fsp3) is 0.146. The van der Waals surface area contributed by atoms with E-state index in [9.17, 15) is 13.6 Å². The van der Waals surface area contributed by atoms with E-state index in [0.717, 1.165) is 27.9 Å². The molecule has 276 valence electrons. The third kappa shape index (κ3) is 7.83. The summed E-state index contributed by atoms with van der Waals surface area (Å²) in [6, 6.07) is 27.9. The van der Waals surface area contributed by atoms with Gasteiger partial charge in [0.2, 0.25) is 0 Å². The molecule has 8 rings (SSSR count). The van der Waals surface area contributed by atoms with Crippen molar-refractivity contribution in [3.05, 3.63) is 144 Å². The maximum Gasteiger partial charge on any atom is 0.320 e. The first-order valence-electron chi connectivity index (χ1n) is 17.4. The highest BCUT2D eigenvalue weighted by molar-refractivity contribution is 5.98. The number of anilines is 2. The summed E-state index contributed by atoms with van der Waals surface area (Å²) in [7, 11) is 3.70. The van der Waals surface area contributed by atoms with Crippen molar-refractivity contribution in [2.75, 3.05) is 10.2 Å². The van der Waals surface area contributed by atoms with Crippen LogP contribution >= 0.6 is 0 Å². The van der Waals surface area contributed by atoms with Gasteiger partial charge < -0.3 is 20.2 Å². The molecule has 0 saturated heterocycles. The SMILES string of the molecule is Cc1cc(F)ccc1-c1nc(N(Cc2ccccc2)C(N)=O)c2ncn(C)c2n1.Cc1cc(F)ccc1-c1nc(NCc2ccccc2)c2ncn(C)c2n1. The predicted molar refractivity (Wildman–Crippen MR) is 209 cm³/mol. The molecule has 0 radical (unpaired) electrons. The molecule has 4 aromatic heterocycles. The van der Waals surface area contributed by atoms with Gasteiger partial charge in [0, 0.05) is 31.8 Å². The number of urea groups is 1. The number of nitrogens with zero attached hydrogens (tertiary/aromatic N) is 9. The van der Waals surface area contributed by atoms with E-state index in [0.29, 0.717) is 57.6 Å². The number of nitrogens with two attached hydrogens (primary N) is 1. The van der Waals surface area contributed by atoms with Crippen LogP contribution in [0.5, 0.6) is 0 Å². The molecule has 0 fully saturated rings. The van der Waals surface area contributed by atoms with E-state index in [1.165, 1.54) is 29.2 Å². The summed E-state index contributed by atoms with van der Waals surface area (Å²) in [6.07, 6.45) is 3.32. The van der Waals surface area contributed by atoms with Crippen molar-refractivity contribution in [1.82, 2.24) is 39.0 Å². The number of imidazole rings is 2. The second-order valence-electron chi connectivity index (χ2n) is 13.0. The van der Waals surface area contributed by atoms with Crippen LogP contribution in [0.15, 0.2) is 110 Å². The topological polar surface area (TPSA) is 146 Å². The number of primary amides is 1. The number of benzene rings is 4. The first-order valence-corrected chi connectivity index (χ1v) is 17.4. The van der Waals surface area contributed by atoms with Crippen molar-refractivity contribution in [3.63, 3.8) is 0 Å². The third-order valence-corrected chi connectivity index (χ3v) is 8.97. The summed E-state index contributed by atoms with van der Waals surface area (Å²) in [4.78, 5) is 41.0. The summed E-state index contributed by atoms with van der Waals surface area (Å²) < 4.78 is 30.6. The average molecular weight is 738 g/mol. The van der Waals surface area contributed by atoms with Gasteiger partial charge >= 0.3 is 6.03 Å². The Bertz CT molecular complexity index is 2640. The van der Waals surface area contributed by atoms with Gasteiger partial charge in [-0.3, -0.25) is 4.90 Å². The van der Waals surface area contributed by atoms with E-state index < -0.39 is 6.03 Å². The van der Waals surface area contributed by atoms with E-state index in [4.69, 9.17) is 5.73 Å². The minimum atomic E-state index is -0.652. The Morgan fingerprint density at radius 2 is 1.20 bits per heavy atom. The molecule has 14 heteroatoms. The van der Waals surface area contributed by atoms with Crippen molar-refractivity contribution >= 4 is 40.0 Å². The minimum Gasteiger partial charge on any atom is -0.364 e. The number of rotatable bonds is 8. The number of fused-ring (bicyclic) bond motifs is 2. The lowest BCUT2D eigenvalue weighted by Crippen LogP contribution is -2.36. The van der Waals surface area contributed by atoms with Gasteiger partial charge in [-0.25, -0.2) is 43.5 Å². The molecule has 3 N–H and O–H groups in total. The zero-order valence-electron chi connectivity index (χ0n) is 30.6. The van der Waals surface area contributed by atoms with Crippen LogP contribution in [-0.4, -0.2) is 45.1 Å². The fourth-order valence-corrected chi connectivity index (χ4v) is 6.11. The van der Waals surface area contributed by atoms with Crippen molar-refractivity contribution in [1.29, 1.82) is 0 Å². The van der Waals surface area contributed by atoms with Gasteiger partial charge in [-0.2, -0.15) is 0 Å². The molecular formula is C41H37F2N11O. The summed E-state index contributed by atoms with van der Waals surface area (Å²) in [5, 5.41) is 3.36. The number of hydrogen-bond donors (Lipinski definition) is 2. The molecule has 0 unspecified atom stereocenters. The number of carbonyl (C=O) groups excluding carboxylic acids is 1. The smallest absolute Gasteiger partial charge is 0.320 e. The van der Waals surface area contributed by atoms with Gasteiger partial charge in [0.25, 0.3) is 0 Å². The fourth-order valence-electron chi connectivity index (χ4n) is 6.11. The Morgan fingerprint density at radius 1 is 0.691 bits per heavy atom. The Hall–Kier alpha value is -7.09. The molecule has 8 aromatic rings. The molecule has 0 spiro atoms. The quantitative estimate of drug-likeness (QED) is 0.162. The maximum absolute atomic E-state index is 13.6. The van der Waals surface area contributed by atoms with E-state index >= 15 is 0 Å². The van der Waals surface area contributed by atoms with Crippen LogP contribution in [0.25, 0.3) is 45.1 Å². The molecule has 12 nitrogen and oxygen atoms in total. The normalized spacial score (nSPS) is 11.0. The Kier molecular flexibility index (Phi) is 10.2. The standard InChI is InChI=1S/C21H19FN6O.C20H18FN5/c1-13-10-15(22)8-9-16(13)18-25-19-17(24-12-27(19)2)20(26-18)28(21(23)29)11-14-6-4-3-5-7-14;1-13-10-15(21)8-9-16(13)18-24-19(17-20(25-18)26(2)12-23-17)22-11-14-6-4-3-5-7-14/h3-10,12H,11H2,1-2H3,(H2,23,29);3-10,12H,11H2,1-2H3,(H,22,24,25). The number of halogens is 2. The van der Waals surface area contributed by atoms with Crippen molar-refractivity contribution in [3.8, 4) is 22.8 Å². The van der Waals surface area contributed by atoms with Gasteiger partial charge in [-0.15, -0.1) is 0 Å². The van der Waals surface area contributed by atoms with E-state index in [-0.39, 0.29) is 18.2 Å². The summed E-state index contributed by atoms with van der Waals surface area (Å²) in [6.45, 7) is 4.50. The zero-order chi connectivity index (χ0) is 38.6. The summed E-state index contributed by atoms with van der Waals surface area (Å²) in [5.74, 6) is 1.29. The molecule has 4 heterocycles. The second kappa shape index (κ2) is 15.5. The molecule has 55 heavy (non-hydrogen) atoms. The average Bonchev–Trinajstić information content (AvgIpc) is 3.75. The summed E-state index contributed by atoms with van der Waals surface area (Å²) >= 11 is 0. The van der Waals surface area contributed by atoms with Crippen LogP contribution in [0, 0.1) is 25.5 Å². The first-order chi connectivity index (χ1) is 26.5. The highest BCUT2D eigenvalue weighted by Gasteiger charge is 2.23. The number of hydrogen-bond acceptors (Lipinski definition) is 8. The number of nitrogens with one attached hydrogen (secondary N) is 1. The Balaban J connectivity index is 0.000000170. The van der Waals surface area contributed by atoms with Crippen LogP contribution in [0.4, 0.5) is 25.2 Å². The van der Waals surface area contributed by atoms with Crippen LogP contribution in [0.1, 0.15) is 22.3 Å². The number of aromatic nitrogens is 8. The third-order valence-electron chi connectivity index (χ3n) is 8.97. The zero-order valence-corrected chi connectivity index (χ0v) is 30.6. The molecule has 0 atom stereocenters. The number of aryl methyl sites for hydroxylation is 4. The molecule has 0 bridgehead atoms. The molecule has 0 aliphatic carbocycles. The van der Waals surface area contributed by atoms with Gasteiger partial charge in [0.05, 0.1) is 19.2 Å². The van der Waals surface area contributed by atoms with Gasteiger partial charge in [0.1, 0.15) is 17.2 Å². The monoisotopic (exact) mass is 737 g/mol. The van der Waals surface area contributed by atoms with Crippen LogP contribution < -0.4 is 16.0 Å². The van der Waals surface area contributed by atoms with Crippen LogP contribution in [0.3, 0.4) is 0 Å². The number of amides is 2. The summed E-state index contributed by atoms with van der Waals surface area (Å²) in [5.41, 5.74) is 13.1. The van der Waals surface area contributed by atoms with Gasteiger partial charge in [0.15, 0.2) is 40.1 Å². The highest BCUT2D eigenvalue weighted by Crippen LogP contribution is 2.30. The van der Waals surface area contributed by atoms with Crippen molar-refractivity contribution in [2.24, 2.45) is 19.8 Å². The predicted octanol–water partition coefficient (Wildman–Crippen LogP) is 7.65. The second-order valence-corrected chi connectivity index (χ2v) is 13.0. The lowest BCUT2D eigenvalue weighted by atomic mass is 10.1. The molecule has 0 saturated carbocycles. The van der Waals surface area contributed by atoms with E-state index in [1.54, 1.807) is 43.3 Å². The largest absolute Gasteiger partial charge is 0.364 e. The molecule has 4 aromatic carbocycles. The first kappa shape index (κ1) is 36.3. The van der Waals surface area contributed by atoms with Crippen LogP contribution in [-0.2, 0) is 27.2 Å². The van der Waals surface area contributed by atoms with E-state index in [1.807, 2.05) is 67.1 Å². The van der Waals surface area contributed by atoms with Crippen molar-refractivity contribution in [2.45, 2.75) is 26.9 Å². The maximum atomic E-state index is 13.6. The minimum absolute atomic E-state index is 0.237. The van der Waals surface area contributed by atoms with Gasteiger partial charge in [-0.1, -0.05) is 60.7 Å². The van der Waals surface area contributed by atoms with Crippen LogP contribution in [0.2, 0.25) is 0 Å². The Labute approximate surface area is 315 Å². The Morgan fingerprint density at radius 3 is 1.75 bits per heavy atom. The molecular weight excluding hydrogens is 701 g/mol. The number of carbonyl (C=O) groups is 1. The van der Waals surface area contributed by atoms with E-state index in [2.05, 4.69) is 47.4 Å². The lowest BCUT2D eigenvalue weighted by Gasteiger charge is -2.20. The van der Waals surface area contributed by atoms with Crippen molar-refractivity contribution < 1.29 is 13.6 Å². The van der Waals surface area contributed by atoms with Gasteiger partial charge in [-0.05, 0) is 72.5 Å². The molecule has 2 amide bonds. The molecule has 0 aliphatic heterocycles. The lowest BCUT2D eigenvalue weighted by molar-refractivity contribution is 0.253. The highest BCUT2D eigenvalue weighted by atomic mass is 19.1.